The van der Waals surface area contributed by atoms with E-state index < -0.39 is 0 Å². The van der Waals surface area contributed by atoms with Crippen LogP contribution in [0.2, 0.25) is 0 Å². The van der Waals surface area contributed by atoms with E-state index in [2.05, 4.69) is 26.1 Å². The van der Waals surface area contributed by atoms with E-state index in [-0.39, 0.29) is 5.12 Å². The van der Waals surface area contributed by atoms with Crippen molar-refractivity contribution < 1.29 is 4.79 Å². The van der Waals surface area contributed by atoms with E-state index in [1.807, 2.05) is 30.3 Å². The van der Waals surface area contributed by atoms with E-state index >= 15 is 0 Å². The van der Waals surface area contributed by atoms with Gasteiger partial charge in [-0.05, 0) is 37.1 Å². The second kappa shape index (κ2) is 7.59. The fraction of sp³-hybridized carbons (Fsp3) is 0.533. The molecule has 1 aromatic rings. The molecule has 0 aliphatic carbocycles. The highest BCUT2D eigenvalue weighted by Crippen LogP contribution is 2.19. The van der Waals surface area contributed by atoms with E-state index in [1.54, 1.807) is 0 Å². The summed E-state index contributed by atoms with van der Waals surface area (Å²) >= 11 is 1.34. The van der Waals surface area contributed by atoms with Gasteiger partial charge in [-0.15, -0.1) is 0 Å². The molecule has 0 aliphatic heterocycles. The largest absolute Gasteiger partial charge is 0.316 e. The first-order valence-electron chi connectivity index (χ1n) is 6.44. The molecule has 0 atom stereocenters. The van der Waals surface area contributed by atoms with Gasteiger partial charge in [0.15, 0.2) is 5.12 Å². The molecule has 0 bridgehead atoms. The Labute approximate surface area is 115 Å². The molecule has 0 amide bonds. The summed E-state index contributed by atoms with van der Waals surface area (Å²) in [5.74, 6) is 0. The molecular weight excluding hydrogens is 242 g/mol. The molecule has 1 N–H and O–H groups in total. The Kier molecular flexibility index (Phi) is 6.44. The summed E-state index contributed by atoms with van der Waals surface area (Å²) in [6, 6.07) is 9.83. The molecule has 1 rings (SSSR count). The lowest BCUT2D eigenvalue weighted by Gasteiger charge is -2.18. The van der Waals surface area contributed by atoms with Crippen molar-refractivity contribution in [2.45, 2.75) is 38.5 Å². The van der Waals surface area contributed by atoms with Crippen molar-refractivity contribution in [2.75, 3.05) is 13.1 Å². The molecule has 0 aromatic heterocycles. The minimum Gasteiger partial charge on any atom is -0.316 e. The molecule has 0 fully saturated rings. The molecule has 0 saturated carbocycles. The van der Waals surface area contributed by atoms with Crippen LogP contribution in [-0.2, 0) is 4.79 Å². The summed E-state index contributed by atoms with van der Waals surface area (Å²) in [4.78, 5) is 12.7. The maximum atomic E-state index is 11.7. The Morgan fingerprint density at radius 1 is 1.22 bits per heavy atom. The van der Waals surface area contributed by atoms with Gasteiger partial charge in [-0.3, -0.25) is 4.79 Å². The van der Waals surface area contributed by atoms with E-state index in [1.165, 1.54) is 11.8 Å². The molecule has 2 nitrogen and oxygen atoms in total. The topological polar surface area (TPSA) is 29.1 Å². The fourth-order valence-electron chi connectivity index (χ4n) is 1.49. The zero-order valence-electron chi connectivity index (χ0n) is 11.5. The predicted octanol–water partition coefficient (Wildman–Crippen LogP) is 3.72. The van der Waals surface area contributed by atoms with Gasteiger partial charge in [0.05, 0.1) is 0 Å². The third kappa shape index (κ3) is 7.51. The Bertz CT molecular complexity index is 357. The zero-order chi connectivity index (χ0) is 13.4. The number of thioether (sulfide) groups is 1. The van der Waals surface area contributed by atoms with Crippen molar-refractivity contribution in [3.63, 3.8) is 0 Å². The van der Waals surface area contributed by atoms with Gasteiger partial charge in [0, 0.05) is 11.3 Å². The van der Waals surface area contributed by atoms with Gasteiger partial charge in [-0.2, -0.15) is 0 Å². The number of benzene rings is 1. The third-order valence-electron chi connectivity index (χ3n) is 2.36. The lowest BCUT2D eigenvalue weighted by Crippen LogP contribution is -2.27. The Morgan fingerprint density at radius 2 is 1.89 bits per heavy atom. The van der Waals surface area contributed by atoms with E-state index in [9.17, 15) is 4.79 Å². The van der Waals surface area contributed by atoms with Crippen LogP contribution in [0.5, 0.6) is 0 Å². The first kappa shape index (κ1) is 15.3. The Morgan fingerprint density at radius 3 is 2.50 bits per heavy atom. The third-order valence-corrected chi connectivity index (χ3v) is 3.30. The van der Waals surface area contributed by atoms with Crippen molar-refractivity contribution >= 4 is 16.9 Å². The van der Waals surface area contributed by atoms with Gasteiger partial charge < -0.3 is 5.32 Å². The van der Waals surface area contributed by atoms with Gasteiger partial charge in [0.2, 0.25) is 0 Å². The highest BCUT2D eigenvalue weighted by Gasteiger charge is 2.09. The number of carbonyl (C=O) groups is 1. The molecule has 100 valence electrons. The molecule has 18 heavy (non-hydrogen) atoms. The van der Waals surface area contributed by atoms with Gasteiger partial charge in [0.1, 0.15) is 0 Å². The van der Waals surface area contributed by atoms with Crippen LogP contribution < -0.4 is 5.32 Å². The monoisotopic (exact) mass is 265 g/mol. The summed E-state index contributed by atoms with van der Waals surface area (Å²) in [6.07, 6.45) is 1.55. The minimum atomic E-state index is 0.249. The molecular formula is C15H23NOS. The fourth-order valence-corrected chi connectivity index (χ4v) is 2.29. The first-order chi connectivity index (χ1) is 8.47. The number of nitrogens with one attached hydrogen (secondary N) is 1. The van der Waals surface area contributed by atoms with Gasteiger partial charge in [0.25, 0.3) is 0 Å². The molecule has 0 unspecified atom stereocenters. The van der Waals surface area contributed by atoms with Crippen LogP contribution in [0.3, 0.4) is 0 Å². The van der Waals surface area contributed by atoms with Gasteiger partial charge >= 0.3 is 0 Å². The minimum absolute atomic E-state index is 0.249. The lowest BCUT2D eigenvalue weighted by molar-refractivity contribution is -0.111. The summed E-state index contributed by atoms with van der Waals surface area (Å²) in [5, 5.41) is 3.63. The molecule has 3 heteroatoms. The maximum absolute atomic E-state index is 11.7. The average molecular weight is 265 g/mol. The normalized spacial score (nSPS) is 11.5. The van der Waals surface area contributed by atoms with Crippen LogP contribution in [-0.4, -0.2) is 18.2 Å². The van der Waals surface area contributed by atoms with E-state index in [4.69, 9.17) is 0 Å². The quantitative estimate of drug-likeness (QED) is 0.628. The van der Waals surface area contributed by atoms with Crippen molar-refractivity contribution in [2.24, 2.45) is 5.41 Å². The summed E-state index contributed by atoms with van der Waals surface area (Å²) in [6.45, 7) is 8.52. The SMILES string of the molecule is CC(C)(C)CNCCCC(=O)Sc1ccccc1. The highest BCUT2D eigenvalue weighted by molar-refractivity contribution is 8.13. The number of rotatable bonds is 6. The number of carbonyl (C=O) groups excluding carboxylic acids is 1. The predicted molar refractivity (Wildman–Crippen MR) is 78.9 cm³/mol. The smallest absolute Gasteiger partial charge is 0.193 e. The summed E-state index contributed by atoms with van der Waals surface area (Å²) < 4.78 is 0. The van der Waals surface area contributed by atoms with E-state index in [0.717, 1.165) is 24.4 Å². The molecule has 0 radical (unpaired) electrons. The van der Waals surface area contributed by atoms with Gasteiger partial charge in [-0.1, -0.05) is 50.7 Å². The van der Waals surface area contributed by atoms with Crippen molar-refractivity contribution in [1.82, 2.24) is 5.32 Å². The van der Waals surface area contributed by atoms with Crippen LogP contribution >= 0.6 is 11.8 Å². The molecule has 1 aromatic carbocycles. The maximum Gasteiger partial charge on any atom is 0.193 e. The van der Waals surface area contributed by atoms with Crippen LogP contribution in [0.1, 0.15) is 33.6 Å². The van der Waals surface area contributed by atoms with Crippen molar-refractivity contribution in [3.05, 3.63) is 30.3 Å². The molecule has 0 spiro atoms. The van der Waals surface area contributed by atoms with E-state index in [0.29, 0.717) is 11.8 Å². The second-order valence-electron chi connectivity index (χ2n) is 5.63. The first-order valence-corrected chi connectivity index (χ1v) is 7.25. The van der Waals surface area contributed by atoms with Crippen LogP contribution in [0.15, 0.2) is 35.2 Å². The highest BCUT2D eigenvalue weighted by atomic mass is 32.2. The van der Waals surface area contributed by atoms with Gasteiger partial charge in [-0.25, -0.2) is 0 Å². The van der Waals surface area contributed by atoms with Crippen LogP contribution in [0, 0.1) is 5.41 Å². The van der Waals surface area contributed by atoms with Crippen LogP contribution in [0.4, 0.5) is 0 Å². The van der Waals surface area contributed by atoms with Crippen molar-refractivity contribution in [1.29, 1.82) is 0 Å². The van der Waals surface area contributed by atoms with Crippen molar-refractivity contribution in [3.8, 4) is 0 Å². The number of hydrogen-bond donors (Lipinski definition) is 1. The number of hydrogen-bond acceptors (Lipinski definition) is 3. The second-order valence-corrected chi connectivity index (χ2v) is 6.76. The molecule has 0 aliphatic rings. The molecule has 0 saturated heterocycles. The standard InChI is InChI=1S/C15H23NOS/c1-15(2,3)12-16-11-7-10-14(17)18-13-8-5-4-6-9-13/h4-6,8-9,16H,7,10-12H2,1-3H3. The molecule has 0 heterocycles. The zero-order valence-corrected chi connectivity index (χ0v) is 12.3. The Balaban J connectivity index is 2.11. The average Bonchev–Trinajstić information content (AvgIpc) is 2.28. The summed E-state index contributed by atoms with van der Waals surface area (Å²) in [5.41, 5.74) is 0.308. The van der Waals surface area contributed by atoms with Crippen LogP contribution in [0.25, 0.3) is 0 Å². The lowest BCUT2D eigenvalue weighted by atomic mass is 9.97. The summed E-state index contributed by atoms with van der Waals surface area (Å²) in [7, 11) is 0. The Hall–Kier alpha value is -0.800.